The summed E-state index contributed by atoms with van der Waals surface area (Å²) in [7, 11) is 0. The molecule has 3 aliphatic rings. The van der Waals surface area contributed by atoms with E-state index in [2.05, 4.69) is 29.2 Å². The van der Waals surface area contributed by atoms with Crippen LogP contribution >= 0.6 is 0 Å². The zero-order valence-corrected chi connectivity index (χ0v) is 16.9. The van der Waals surface area contributed by atoms with Crippen molar-refractivity contribution in [2.75, 3.05) is 13.3 Å². The number of fused-ring (bicyclic) bond motifs is 4. The minimum Gasteiger partial charge on any atom is -0.493 e. The van der Waals surface area contributed by atoms with Gasteiger partial charge in [-0.1, -0.05) is 36.4 Å². The van der Waals surface area contributed by atoms with Crippen LogP contribution in [0.2, 0.25) is 0 Å². The maximum Gasteiger partial charge on any atom is 0.141 e. The van der Waals surface area contributed by atoms with Crippen molar-refractivity contribution in [2.24, 2.45) is 0 Å². The second-order valence-corrected chi connectivity index (χ2v) is 8.09. The Bertz CT molecular complexity index is 1070. The Morgan fingerprint density at radius 3 is 2.63 bits per heavy atom. The minimum atomic E-state index is -2.05. The Kier molecular flexibility index (Phi) is 5.45. The topological polar surface area (TPSA) is 42.4 Å². The largest absolute Gasteiger partial charge is 0.493 e. The fourth-order valence-electron chi connectivity index (χ4n) is 3.91. The van der Waals surface area contributed by atoms with E-state index >= 15 is 0 Å². The Labute approximate surface area is 173 Å². The Hall–Kier alpha value is -2.60. The molecule has 4 atom stereocenters. The molecule has 1 aliphatic carbocycles. The lowest BCUT2D eigenvalue weighted by Crippen LogP contribution is -2.46. The van der Waals surface area contributed by atoms with Gasteiger partial charge in [-0.25, -0.2) is 13.8 Å². The van der Waals surface area contributed by atoms with Gasteiger partial charge in [-0.2, -0.15) is 0 Å². The van der Waals surface area contributed by atoms with Gasteiger partial charge in [0.15, 0.2) is 0 Å². The molecule has 30 heavy (non-hydrogen) atoms. The lowest BCUT2D eigenvalue weighted by atomic mass is 9.75. The maximum atomic E-state index is 14.5. The Balaban J connectivity index is 0.000000178. The molecule has 6 heteroatoms. The SMILES string of the molecule is CC(F)C(O)C(F)C(C)(CF)c1cccc2c1OCC2.c1ccc2c3cc-3nc2c1. The number of para-hydroxylation sites is 2. The van der Waals surface area contributed by atoms with E-state index in [-0.39, 0.29) is 0 Å². The first-order valence-electron chi connectivity index (χ1n) is 10.0. The second-order valence-electron chi connectivity index (χ2n) is 8.09. The summed E-state index contributed by atoms with van der Waals surface area (Å²) in [6.45, 7) is 1.83. The fraction of sp³-hybridized carbons (Fsp3) is 0.375. The highest BCUT2D eigenvalue weighted by Crippen LogP contribution is 2.42. The van der Waals surface area contributed by atoms with Crippen molar-refractivity contribution in [3.8, 4) is 17.0 Å². The molecular weight excluding hydrogens is 391 g/mol. The number of benzene rings is 2. The van der Waals surface area contributed by atoms with Crippen molar-refractivity contribution in [3.63, 3.8) is 0 Å². The summed E-state index contributed by atoms with van der Waals surface area (Å²) in [6.07, 6.45) is -5.00. The molecule has 0 bridgehead atoms. The van der Waals surface area contributed by atoms with Crippen molar-refractivity contribution in [1.29, 1.82) is 0 Å². The number of nitrogens with zero attached hydrogens (tertiary/aromatic N) is 1. The average Bonchev–Trinajstić information content (AvgIpc) is 3.20. The summed E-state index contributed by atoms with van der Waals surface area (Å²) in [5, 5.41) is 10.9. The number of aliphatic hydroxyl groups is 1. The number of rotatable bonds is 5. The second kappa shape index (κ2) is 7.91. The molecule has 2 aliphatic heterocycles. The normalized spacial score (nSPS) is 18.3. The number of hydrogen-bond donors (Lipinski definition) is 1. The summed E-state index contributed by atoms with van der Waals surface area (Å²) in [6, 6.07) is 15.5. The summed E-state index contributed by atoms with van der Waals surface area (Å²) in [5.41, 5.74) is 3.27. The zero-order chi connectivity index (χ0) is 21.5. The van der Waals surface area contributed by atoms with Gasteiger partial charge in [-0.15, -0.1) is 0 Å². The molecule has 5 rings (SSSR count). The van der Waals surface area contributed by atoms with Crippen LogP contribution in [-0.2, 0) is 11.8 Å². The first-order valence-corrected chi connectivity index (χ1v) is 10.0. The van der Waals surface area contributed by atoms with Gasteiger partial charge in [0, 0.05) is 22.9 Å². The van der Waals surface area contributed by atoms with Crippen LogP contribution in [0.15, 0.2) is 48.5 Å². The number of aromatic nitrogens is 1. The lowest BCUT2D eigenvalue weighted by molar-refractivity contribution is -0.0207. The number of ether oxygens (including phenoxy) is 1. The molecule has 0 amide bonds. The van der Waals surface area contributed by atoms with Crippen LogP contribution < -0.4 is 4.74 Å². The van der Waals surface area contributed by atoms with Crippen LogP contribution in [0.25, 0.3) is 22.2 Å². The van der Waals surface area contributed by atoms with Gasteiger partial charge >= 0.3 is 0 Å². The summed E-state index contributed by atoms with van der Waals surface area (Å²) in [4.78, 5) is 4.35. The monoisotopic (exact) mass is 415 g/mol. The number of pyridine rings is 1. The van der Waals surface area contributed by atoms with E-state index in [9.17, 15) is 18.3 Å². The zero-order valence-electron chi connectivity index (χ0n) is 16.9. The molecule has 0 aromatic heterocycles. The smallest absolute Gasteiger partial charge is 0.141 e. The first kappa shape index (κ1) is 20.7. The van der Waals surface area contributed by atoms with Crippen LogP contribution in [0.4, 0.5) is 13.2 Å². The third-order valence-corrected chi connectivity index (χ3v) is 5.90. The van der Waals surface area contributed by atoms with Crippen LogP contribution in [0, 0.1) is 0 Å². The van der Waals surface area contributed by atoms with Gasteiger partial charge < -0.3 is 9.84 Å². The predicted octanol–water partition coefficient (Wildman–Crippen LogP) is 5.12. The van der Waals surface area contributed by atoms with Gasteiger partial charge in [0.2, 0.25) is 0 Å². The van der Waals surface area contributed by atoms with Crippen LogP contribution in [-0.4, -0.2) is 41.8 Å². The third-order valence-electron chi connectivity index (χ3n) is 5.90. The molecular formula is C24H24F3NO2. The van der Waals surface area contributed by atoms with Crippen molar-refractivity contribution in [2.45, 2.75) is 44.1 Å². The van der Waals surface area contributed by atoms with Crippen LogP contribution in [0.1, 0.15) is 25.0 Å². The van der Waals surface area contributed by atoms with E-state index in [1.54, 1.807) is 12.1 Å². The van der Waals surface area contributed by atoms with E-state index in [4.69, 9.17) is 4.74 Å². The third kappa shape index (κ3) is 3.54. The Morgan fingerprint density at radius 1 is 1.17 bits per heavy atom. The summed E-state index contributed by atoms with van der Waals surface area (Å²) >= 11 is 0. The van der Waals surface area contributed by atoms with E-state index < -0.39 is 30.5 Å². The molecule has 0 radical (unpaired) electrons. The summed E-state index contributed by atoms with van der Waals surface area (Å²) in [5.74, 6) is 0.467. The number of aliphatic hydroxyl groups excluding tert-OH is 1. The maximum absolute atomic E-state index is 14.5. The van der Waals surface area contributed by atoms with E-state index in [1.165, 1.54) is 23.6 Å². The van der Waals surface area contributed by atoms with Gasteiger partial charge in [0.25, 0.3) is 0 Å². The van der Waals surface area contributed by atoms with Crippen LogP contribution in [0.3, 0.4) is 0 Å². The number of halogens is 3. The van der Waals surface area contributed by atoms with Crippen LogP contribution in [0.5, 0.6) is 5.75 Å². The van der Waals surface area contributed by atoms with Gasteiger partial charge in [-0.05, 0) is 31.5 Å². The Morgan fingerprint density at radius 2 is 1.93 bits per heavy atom. The molecule has 2 heterocycles. The van der Waals surface area contributed by atoms with Crippen molar-refractivity contribution in [3.05, 3.63) is 59.7 Å². The molecule has 0 spiro atoms. The quantitative estimate of drug-likeness (QED) is 0.492. The van der Waals surface area contributed by atoms with Crippen molar-refractivity contribution >= 4 is 10.9 Å². The van der Waals surface area contributed by atoms with Gasteiger partial charge in [0.1, 0.15) is 30.9 Å². The highest BCUT2D eigenvalue weighted by atomic mass is 19.2. The lowest BCUT2D eigenvalue weighted by Gasteiger charge is -2.34. The predicted molar refractivity (Wildman–Crippen MR) is 111 cm³/mol. The molecule has 0 saturated carbocycles. The number of alkyl halides is 3. The molecule has 4 unspecified atom stereocenters. The average molecular weight is 415 g/mol. The highest BCUT2D eigenvalue weighted by molar-refractivity contribution is 6.04. The van der Waals surface area contributed by atoms with E-state index in [1.807, 2.05) is 12.1 Å². The van der Waals surface area contributed by atoms with Gasteiger partial charge in [-0.3, -0.25) is 4.39 Å². The molecule has 2 aromatic rings. The molecule has 3 nitrogen and oxygen atoms in total. The highest BCUT2D eigenvalue weighted by Gasteiger charge is 2.45. The molecule has 0 fully saturated rings. The van der Waals surface area contributed by atoms with Crippen molar-refractivity contribution in [1.82, 2.24) is 4.98 Å². The molecule has 2 aromatic carbocycles. The molecule has 1 N–H and O–H groups in total. The number of hydrogen-bond acceptors (Lipinski definition) is 3. The standard InChI is InChI=1S/C15H19F3O2.C9H5N/c1-9(17)12(19)14(18)15(2,8-16)11-5-3-4-10-6-7-20-13(10)11;1-2-4-8-6(3-1)7-5-9(7)10-8/h3-5,9,12,14,19H,6-8H2,1-2H3;1-5H. The molecule has 158 valence electrons. The first-order chi connectivity index (χ1) is 14.4. The van der Waals surface area contributed by atoms with Gasteiger partial charge in [0.05, 0.1) is 23.2 Å². The van der Waals surface area contributed by atoms with E-state index in [0.717, 1.165) is 18.0 Å². The molecule has 0 saturated heterocycles. The van der Waals surface area contributed by atoms with E-state index in [0.29, 0.717) is 24.3 Å². The fourth-order valence-corrected chi connectivity index (χ4v) is 3.91. The minimum absolute atomic E-state index is 0.349. The summed E-state index contributed by atoms with van der Waals surface area (Å²) < 4.78 is 46.6. The van der Waals surface area contributed by atoms with Crippen molar-refractivity contribution < 1.29 is 23.0 Å².